The maximum atomic E-state index is 12.5. The SMILES string of the molecule is O=C(NC1CCCCC1)c1cn2nc(-c3csc4ccccc34)ncc2n1. The lowest BCUT2D eigenvalue weighted by Gasteiger charge is -2.22. The Labute approximate surface area is 160 Å². The van der Waals surface area contributed by atoms with Crippen LogP contribution in [-0.2, 0) is 0 Å². The van der Waals surface area contributed by atoms with Gasteiger partial charge in [-0.2, -0.15) is 0 Å². The topological polar surface area (TPSA) is 72.2 Å². The third kappa shape index (κ3) is 3.08. The lowest BCUT2D eigenvalue weighted by Crippen LogP contribution is -2.36. The van der Waals surface area contributed by atoms with Gasteiger partial charge in [-0.05, 0) is 18.9 Å². The Kier molecular flexibility index (Phi) is 4.09. The summed E-state index contributed by atoms with van der Waals surface area (Å²) >= 11 is 1.67. The van der Waals surface area contributed by atoms with E-state index in [0.717, 1.165) is 23.8 Å². The van der Waals surface area contributed by atoms with Crippen molar-refractivity contribution in [2.24, 2.45) is 0 Å². The monoisotopic (exact) mass is 377 g/mol. The predicted octanol–water partition coefficient (Wildman–Crippen LogP) is 4.07. The Balaban J connectivity index is 1.45. The second kappa shape index (κ2) is 6.74. The molecule has 0 bridgehead atoms. The highest BCUT2D eigenvalue weighted by Crippen LogP contribution is 2.31. The minimum Gasteiger partial charge on any atom is -0.348 e. The summed E-state index contributed by atoms with van der Waals surface area (Å²) in [5, 5.41) is 10.9. The molecule has 0 radical (unpaired) electrons. The molecule has 1 fully saturated rings. The summed E-state index contributed by atoms with van der Waals surface area (Å²) in [4.78, 5) is 21.4. The number of fused-ring (bicyclic) bond motifs is 2. The van der Waals surface area contributed by atoms with Crippen molar-refractivity contribution in [3.8, 4) is 11.4 Å². The molecule has 1 aromatic carbocycles. The van der Waals surface area contributed by atoms with Gasteiger partial charge in [-0.15, -0.1) is 16.4 Å². The number of aromatic nitrogens is 4. The molecular formula is C20H19N5OS. The van der Waals surface area contributed by atoms with Gasteiger partial charge in [0.1, 0.15) is 5.69 Å². The van der Waals surface area contributed by atoms with Gasteiger partial charge in [0.05, 0.1) is 12.4 Å². The molecule has 6 nitrogen and oxygen atoms in total. The van der Waals surface area contributed by atoms with Crippen LogP contribution in [0.3, 0.4) is 0 Å². The fourth-order valence-corrected chi connectivity index (χ4v) is 4.63. The van der Waals surface area contributed by atoms with E-state index >= 15 is 0 Å². The van der Waals surface area contributed by atoms with Crippen LogP contribution >= 0.6 is 11.3 Å². The molecule has 1 N–H and O–H groups in total. The number of thiophene rings is 1. The number of imidazole rings is 1. The zero-order valence-electron chi connectivity index (χ0n) is 14.8. The van der Waals surface area contributed by atoms with E-state index in [1.807, 2.05) is 12.1 Å². The van der Waals surface area contributed by atoms with Crippen molar-refractivity contribution in [2.75, 3.05) is 0 Å². The van der Waals surface area contributed by atoms with Crippen LogP contribution in [0.5, 0.6) is 0 Å². The van der Waals surface area contributed by atoms with Crippen molar-refractivity contribution in [1.29, 1.82) is 0 Å². The van der Waals surface area contributed by atoms with E-state index in [1.165, 1.54) is 24.0 Å². The average molecular weight is 377 g/mol. The van der Waals surface area contributed by atoms with Gasteiger partial charge in [0, 0.05) is 27.1 Å². The summed E-state index contributed by atoms with van der Waals surface area (Å²) < 4.78 is 2.85. The van der Waals surface area contributed by atoms with Crippen molar-refractivity contribution in [1.82, 2.24) is 24.9 Å². The van der Waals surface area contributed by atoms with Gasteiger partial charge >= 0.3 is 0 Å². The zero-order chi connectivity index (χ0) is 18.2. The molecule has 0 aliphatic heterocycles. The number of hydrogen-bond donors (Lipinski definition) is 1. The molecule has 1 aliphatic carbocycles. The summed E-state index contributed by atoms with van der Waals surface area (Å²) in [6, 6.07) is 8.47. The third-order valence-corrected chi connectivity index (χ3v) is 6.08. The van der Waals surface area contributed by atoms with Crippen LogP contribution in [0.4, 0.5) is 0 Å². The van der Waals surface area contributed by atoms with Crippen LogP contribution in [0.25, 0.3) is 27.1 Å². The van der Waals surface area contributed by atoms with Crippen LogP contribution < -0.4 is 5.32 Å². The quantitative estimate of drug-likeness (QED) is 0.584. The standard InChI is InChI=1S/C20H19N5OS/c26-20(22-13-6-2-1-3-7-13)16-11-25-18(23-16)10-21-19(24-25)15-12-27-17-9-5-4-8-14(15)17/h4-5,8-13H,1-3,6-7H2,(H,22,26). The molecule has 1 amide bonds. The second-order valence-corrected chi connectivity index (χ2v) is 7.88. The highest BCUT2D eigenvalue weighted by Gasteiger charge is 2.19. The molecule has 3 heterocycles. The third-order valence-electron chi connectivity index (χ3n) is 5.11. The summed E-state index contributed by atoms with van der Waals surface area (Å²) in [6.07, 6.45) is 9.08. The Bertz CT molecular complexity index is 1130. The first-order chi connectivity index (χ1) is 13.3. The average Bonchev–Trinajstić information content (AvgIpc) is 3.32. The maximum absolute atomic E-state index is 12.5. The van der Waals surface area contributed by atoms with Crippen molar-refractivity contribution in [3.63, 3.8) is 0 Å². The zero-order valence-corrected chi connectivity index (χ0v) is 15.6. The van der Waals surface area contributed by atoms with Crippen molar-refractivity contribution in [2.45, 2.75) is 38.1 Å². The predicted molar refractivity (Wildman–Crippen MR) is 106 cm³/mol. The van der Waals surface area contributed by atoms with Gasteiger partial charge in [-0.25, -0.2) is 14.5 Å². The molecule has 1 aliphatic rings. The number of nitrogens with one attached hydrogen (secondary N) is 1. The minimum absolute atomic E-state index is 0.130. The van der Waals surface area contributed by atoms with E-state index in [9.17, 15) is 4.79 Å². The lowest BCUT2D eigenvalue weighted by molar-refractivity contribution is 0.0923. The van der Waals surface area contributed by atoms with Crippen molar-refractivity contribution < 1.29 is 4.79 Å². The normalized spacial score (nSPS) is 15.4. The molecule has 0 saturated heterocycles. The van der Waals surface area contributed by atoms with Gasteiger partial charge in [0.25, 0.3) is 5.91 Å². The molecule has 5 rings (SSSR count). The van der Waals surface area contributed by atoms with Gasteiger partial charge < -0.3 is 5.32 Å². The molecule has 0 unspecified atom stereocenters. The molecule has 1 saturated carbocycles. The van der Waals surface area contributed by atoms with Gasteiger partial charge in [0.2, 0.25) is 0 Å². The number of rotatable bonds is 3. The molecule has 0 atom stereocenters. The highest BCUT2D eigenvalue weighted by molar-refractivity contribution is 7.17. The van der Waals surface area contributed by atoms with Crippen LogP contribution in [0.2, 0.25) is 0 Å². The molecule has 7 heteroatoms. The summed E-state index contributed by atoms with van der Waals surface area (Å²) in [6.45, 7) is 0. The molecule has 27 heavy (non-hydrogen) atoms. The Morgan fingerprint density at radius 1 is 1.19 bits per heavy atom. The minimum atomic E-state index is -0.130. The Morgan fingerprint density at radius 2 is 2.04 bits per heavy atom. The first-order valence-electron chi connectivity index (χ1n) is 9.28. The van der Waals surface area contributed by atoms with E-state index in [-0.39, 0.29) is 11.9 Å². The van der Waals surface area contributed by atoms with Gasteiger partial charge in [-0.1, -0.05) is 37.5 Å². The van der Waals surface area contributed by atoms with E-state index in [1.54, 1.807) is 28.2 Å². The Hall–Kier alpha value is -2.80. The first kappa shape index (κ1) is 16.4. The van der Waals surface area contributed by atoms with Crippen molar-refractivity contribution in [3.05, 3.63) is 47.7 Å². The first-order valence-corrected chi connectivity index (χ1v) is 10.2. The molecule has 3 aromatic heterocycles. The van der Waals surface area contributed by atoms with E-state index in [0.29, 0.717) is 17.2 Å². The summed E-state index contributed by atoms with van der Waals surface area (Å²) in [5.41, 5.74) is 1.97. The largest absolute Gasteiger partial charge is 0.348 e. The summed E-state index contributed by atoms with van der Waals surface area (Å²) in [5.74, 6) is 0.506. The van der Waals surface area contributed by atoms with E-state index in [4.69, 9.17) is 0 Å². The van der Waals surface area contributed by atoms with Crippen LogP contribution in [-0.4, -0.2) is 31.5 Å². The van der Waals surface area contributed by atoms with Gasteiger partial charge in [0.15, 0.2) is 11.5 Å². The summed E-state index contributed by atoms with van der Waals surface area (Å²) in [7, 11) is 0. The van der Waals surface area contributed by atoms with Crippen LogP contribution in [0.1, 0.15) is 42.6 Å². The smallest absolute Gasteiger partial charge is 0.271 e. The van der Waals surface area contributed by atoms with E-state index in [2.05, 4.69) is 37.9 Å². The van der Waals surface area contributed by atoms with E-state index < -0.39 is 0 Å². The fourth-order valence-electron chi connectivity index (χ4n) is 3.69. The number of benzene rings is 1. The number of carbonyl (C=O) groups is 1. The second-order valence-electron chi connectivity index (χ2n) is 6.96. The van der Waals surface area contributed by atoms with Crippen LogP contribution in [0.15, 0.2) is 42.0 Å². The maximum Gasteiger partial charge on any atom is 0.271 e. The highest BCUT2D eigenvalue weighted by atomic mass is 32.1. The van der Waals surface area contributed by atoms with Crippen LogP contribution in [0, 0.1) is 0 Å². The molecular weight excluding hydrogens is 358 g/mol. The number of hydrogen-bond acceptors (Lipinski definition) is 5. The lowest BCUT2D eigenvalue weighted by atomic mass is 9.95. The number of nitrogens with zero attached hydrogens (tertiary/aromatic N) is 4. The number of amides is 1. The molecule has 4 aromatic rings. The van der Waals surface area contributed by atoms with Gasteiger partial charge in [-0.3, -0.25) is 4.79 Å². The Morgan fingerprint density at radius 3 is 2.93 bits per heavy atom. The molecule has 0 spiro atoms. The number of carbonyl (C=O) groups excluding carboxylic acids is 1. The fraction of sp³-hybridized carbons (Fsp3) is 0.300. The molecule has 136 valence electrons. The van der Waals surface area contributed by atoms with Crippen molar-refractivity contribution >= 4 is 33.0 Å².